The van der Waals surface area contributed by atoms with Gasteiger partial charge in [0.25, 0.3) is 15.2 Å². The minimum absolute atomic E-state index is 0.243. The van der Waals surface area contributed by atoms with Crippen molar-refractivity contribution in [3.63, 3.8) is 0 Å². The van der Waals surface area contributed by atoms with Crippen LogP contribution >= 0.6 is 0 Å². The fraction of sp³-hybridized carbons (Fsp3) is 0.111. The third-order valence-corrected chi connectivity index (χ3v) is 2.78. The minimum atomic E-state index is -3.87. The number of aromatic amines is 1. The predicted molar refractivity (Wildman–Crippen MR) is 59.7 cm³/mol. The molecule has 0 bridgehead atoms. The first-order valence-corrected chi connectivity index (χ1v) is 6.15. The van der Waals surface area contributed by atoms with Crippen molar-refractivity contribution in [3.8, 4) is 17.1 Å². The molecule has 1 aromatic carbocycles. The van der Waals surface area contributed by atoms with Gasteiger partial charge in [0, 0.05) is 5.56 Å². The Labute approximate surface area is 97.7 Å². The highest BCUT2D eigenvalue weighted by Gasteiger charge is 2.15. The second-order valence-corrected chi connectivity index (χ2v) is 4.72. The number of hydrogen-bond acceptors (Lipinski definition) is 5. The lowest BCUT2D eigenvalue weighted by molar-refractivity contribution is 0.415. The zero-order valence-corrected chi connectivity index (χ0v) is 9.73. The van der Waals surface area contributed by atoms with E-state index in [-0.39, 0.29) is 11.0 Å². The molecule has 0 amide bonds. The molecule has 0 aliphatic heterocycles. The second kappa shape index (κ2) is 4.15. The van der Waals surface area contributed by atoms with Crippen molar-refractivity contribution < 1.29 is 13.2 Å². The van der Waals surface area contributed by atoms with Gasteiger partial charge in [-0.05, 0) is 12.1 Å². The van der Waals surface area contributed by atoms with Gasteiger partial charge in [0.1, 0.15) is 5.75 Å². The number of ether oxygens (including phenoxy) is 1. The maximum atomic E-state index is 11.0. The van der Waals surface area contributed by atoms with Gasteiger partial charge in [0.2, 0.25) is 0 Å². The normalized spacial score (nSPS) is 11.4. The highest BCUT2D eigenvalue weighted by Crippen LogP contribution is 2.20. The summed E-state index contributed by atoms with van der Waals surface area (Å²) in [5.74, 6) is 0.873. The first-order chi connectivity index (χ1) is 8.00. The van der Waals surface area contributed by atoms with Gasteiger partial charge in [-0.3, -0.25) is 0 Å². The maximum absolute atomic E-state index is 11.0. The van der Waals surface area contributed by atoms with E-state index in [9.17, 15) is 8.42 Å². The molecule has 0 radical (unpaired) electrons. The molecule has 2 aromatic rings. The van der Waals surface area contributed by atoms with Crippen LogP contribution in [-0.4, -0.2) is 30.7 Å². The van der Waals surface area contributed by atoms with Crippen LogP contribution in [0.1, 0.15) is 0 Å². The quantitative estimate of drug-likeness (QED) is 0.808. The van der Waals surface area contributed by atoms with Gasteiger partial charge in [0.05, 0.1) is 7.11 Å². The lowest BCUT2D eigenvalue weighted by Crippen LogP contribution is -2.13. The van der Waals surface area contributed by atoms with E-state index in [1.807, 2.05) is 0 Å². The zero-order valence-electron chi connectivity index (χ0n) is 8.91. The first-order valence-electron chi connectivity index (χ1n) is 4.60. The fourth-order valence-electron chi connectivity index (χ4n) is 1.27. The number of aromatic nitrogens is 3. The van der Waals surface area contributed by atoms with E-state index in [1.54, 1.807) is 24.3 Å². The van der Waals surface area contributed by atoms with Crippen molar-refractivity contribution in [2.45, 2.75) is 5.16 Å². The number of primary sulfonamides is 1. The molecule has 17 heavy (non-hydrogen) atoms. The molecule has 90 valence electrons. The highest BCUT2D eigenvalue weighted by atomic mass is 32.2. The number of sulfonamides is 1. The van der Waals surface area contributed by atoms with Crippen LogP contribution in [0.25, 0.3) is 11.4 Å². The van der Waals surface area contributed by atoms with Crippen LogP contribution < -0.4 is 9.88 Å². The molecule has 0 saturated carbocycles. The molecule has 0 saturated heterocycles. The molecule has 0 aliphatic carbocycles. The van der Waals surface area contributed by atoms with Crippen molar-refractivity contribution >= 4 is 10.0 Å². The van der Waals surface area contributed by atoms with Crippen LogP contribution in [0.2, 0.25) is 0 Å². The third-order valence-electron chi connectivity index (χ3n) is 2.06. The molecule has 0 spiro atoms. The molecule has 0 fully saturated rings. The van der Waals surface area contributed by atoms with Crippen LogP contribution in [0.15, 0.2) is 29.4 Å². The van der Waals surface area contributed by atoms with E-state index >= 15 is 0 Å². The molecule has 3 N–H and O–H groups in total. The van der Waals surface area contributed by atoms with E-state index in [0.717, 1.165) is 0 Å². The Bertz CT molecular complexity index is 635. The third kappa shape index (κ3) is 2.43. The Hall–Kier alpha value is -1.93. The molecule has 8 heteroatoms. The van der Waals surface area contributed by atoms with Crippen molar-refractivity contribution in [1.82, 2.24) is 15.2 Å². The summed E-state index contributed by atoms with van der Waals surface area (Å²) in [5.41, 5.74) is 0.635. The monoisotopic (exact) mass is 254 g/mol. The number of methoxy groups -OCH3 is 1. The zero-order chi connectivity index (χ0) is 12.5. The minimum Gasteiger partial charge on any atom is -0.497 e. The average Bonchev–Trinajstić information content (AvgIpc) is 2.78. The van der Waals surface area contributed by atoms with Gasteiger partial charge in [-0.1, -0.05) is 12.1 Å². The Morgan fingerprint density at radius 1 is 1.41 bits per heavy atom. The molecule has 1 aromatic heterocycles. The standard InChI is InChI=1S/C9H10N4O3S/c1-16-7-4-2-3-6(5-7)8-11-9(13-12-8)17(10,14)15/h2-5H,1H3,(H2,10,14,15)(H,11,12,13). The van der Waals surface area contributed by atoms with Gasteiger partial charge < -0.3 is 4.74 Å². The summed E-state index contributed by atoms with van der Waals surface area (Å²) in [6.45, 7) is 0. The van der Waals surface area contributed by atoms with Gasteiger partial charge in [-0.2, -0.15) is 10.1 Å². The van der Waals surface area contributed by atoms with E-state index in [4.69, 9.17) is 9.88 Å². The number of hydrogen-bond donors (Lipinski definition) is 2. The average molecular weight is 254 g/mol. The van der Waals surface area contributed by atoms with Gasteiger partial charge >= 0.3 is 0 Å². The number of rotatable bonds is 3. The summed E-state index contributed by atoms with van der Waals surface area (Å²) in [6.07, 6.45) is 0. The summed E-state index contributed by atoms with van der Waals surface area (Å²) in [6, 6.07) is 6.94. The van der Waals surface area contributed by atoms with Crippen molar-refractivity contribution in [2.24, 2.45) is 5.14 Å². The SMILES string of the molecule is COc1cccc(-c2n[nH]c(S(N)(=O)=O)n2)c1. The lowest BCUT2D eigenvalue weighted by Gasteiger charge is -2.00. The van der Waals surface area contributed by atoms with Crippen molar-refractivity contribution in [3.05, 3.63) is 24.3 Å². The lowest BCUT2D eigenvalue weighted by atomic mass is 10.2. The Balaban J connectivity index is 2.43. The Morgan fingerprint density at radius 2 is 2.18 bits per heavy atom. The van der Waals surface area contributed by atoms with Crippen molar-refractivity contribution in [1.29, 1.82) is 0 Å². The highest BCUT2D eigenvalue weighted by molar-refractivity contribution is 7.89. The molecule has 2 rings (SSSR count). The number of nitrogens with two attached hydrogens (primary N) is 1. The smallest absolute Gasteiger partial charge is 0.273 e. The summed E-state index contributed by atoms with van der Waals surface area (Å²) in [4.78, 5) is 3.79. The summed E-state index contributed by atoms with van der Waals surface area (Å²) < 4.78 is 27.1. The van der Waals surface area contributed by atoms with Crippen LogP contribution in [0, 0.1) is 0 Å². The summed E-state index contributed by atoms with van der Waals surface area (Å²) >= 11 is 0. The number of H-pyrrole nitrogens is 1. The van der Waals surface area contributed by atoms with E-state index in [0.29, 0.717) is 11.3 Å². The van der Waals surface area contributed by atoms with Gasteiger partial charge in [0.15, 0.2) is 5.82 Å². The van der Waals surface area contributed by atoms with Crippen LogP contribution in [0.5, 0.6) is 5.75 Å². The second-order valence-electron chi connectivity index (χ2n) is 3.24. The molecule has 0 atom stereocenters. The molecule has 0 unspecified atom stereocenters. The van der Waals surface area contributed by atoms with E-state index in [1.165, 1.54) is 7.11 Å². The predicted octanol–water partition coefficient (Wildman–Crippen LogP) is 0.128. The van der Waals surface area contributed by atoms with Gasteiger partial charge in [-0.25, -0.2) is 18.7 Å². The van der Waals surface area contributed by atoms with Crippen LogP contribution in [0.4, 0.5) is 0 Å². The largest absolute Gasteiger partial charge is 0.497 e. The van der Waals surface area contributed by atoms with Crippen LogP contribution in [-0.2, 0) is 10.0 Å². The van der Waals surface area contributed by atoms with E-state index in [2.05, 4.69) is 15.2 Å². The molecular formula is C9H10N4O3S. The maximum Gasteiger partial charge on any atom is 0.273 e. The first kappa shape index (κ1) is 11.6. The molecular weight excluding hydrogens is 244 g/mol. The van der Waals surface area contributed by atoms with Crippen LogP contribution in [0.3, 0.4) is 0 Å². The number of nitrogens with one attached hydrogen (secondary N) is 1. The molecule has 0 aliphatic rings. The topological polar surface area (TPSA) is 111 Å². The molecule has 1 heterocycles. The summed E-state index contributed by atoms with van der Waals surface area (Å²) in [7, 11) is -2.33. The Morgan fingerprint density at radius 3 is 2.76 bits per heavy atom. The summed E-state index contributed by atoms with van der Waals surface area (Å²) in [5, 5.41) is 10.6. The molecule has 7 nitrogen and oxygen atoms in total. The number of benzene rings is 1. The number of nitrogens with zero attached hydrogens (tertiary/aromatic N) is 2. The van der Waals surface area contributed by atoms with Gasteiger partial charge in [-0.15, -0.1) is 0 Å². The fourth-order valence-corrected chi connectivity index (χ4v) is 1.65. The van der Waals surface area contributed by atoms with E-state index < -0.39 is 10.0 Å². The Kier molecular flexibility index (Phi) is 2.82. The van der Waals surface area contributed by atoms with Crippen molar-refractivity contribution in [2.75, 3.05) is 7.11 Å².